The number of hydrogen-bond acceptors (Lipinski definition) is 3. The van der Waals surface area contributed by atoms with Crippen molar-refractivity contribution >= 4 is 32.3 Å². The molecule has 10 rings (SSSR count). The molecular weight excluding hydrogens is 655 g/mol. The van der Waals surface area contributed by atoms with Gasteiger partial charge in [0.2, 0.25) is 0 Å². The van der Waals surface area contributed by atoms with Gasteiger partial charge in [0.05, 0.1) is 0 Å². The molecule has 0 aliphatic rings. The Morgan fingerprint density at radius 3 is 1.00 bits per heavy atom. The Bertz CT molecular complexity index is 2900. The average molecular weight is 688 g/mol. The molecule has 0 bridgehead atoms. The van der Waals surface area contributed by atoms with Gasteiger partial charge in [-0.25, -0.2) is 15.0 Å². The Hall–Kier alpha value is -7.23. The Kier molecular flexibility index (Phi) is 7.81. The molecule has 9 aromatic carbocycles. The van der Waals surface area contributed by atoms with Crippen LogP contribution in [0.15, 0.2) is 200 Å². The summed E-state index contributed by atoms with van der Waals surface area (Å²) in [5.74, 6) is 1.94. The van der Waals surface area contributed by atoms with Crippen molar-refractivity contribution in [1.82, 2.24) is 15.0 Å². The lowest BCUT2D eigenvalue weighted by molar-refractivity contribution is 1.08. The number of aromatic nitrogens is 3. The van der Waals surface area contributed by atoms with E-state index in [1.54, 1.807) is 0 Å². The highest BCUT2D eigenvalue weighted by atomic mass is 15.0. The topological polar surface area (TPSA) is 38.7 Å². The Morgan fingerprint density at radius 2 is 0.519 bits per heavy atom. The number of benzene rings is 9. The van der Waals surface area contributed by atoms with Crippen molar-refractivity contribution in [3.05, 3.63) is 200 Å². The second-order valence-corrected chi connectivity index (χ2v) is 13.7. The van der Waals surface area contributed by atoms with E-state index in [2.05, 4.69) is 200 Å². The molecule has 0 aliphatic heterocycles. The van der Waals surface area contributed by atoms with Gasteiger partial charge in [-0.05, 0) is 90.0 Å². The van der Waals surface area contributed by atoms with Crippen LogP contribution in [0.4, 0.5) is 0 Å². The predicted octanol–water partition coefficient (Wildman–Crippen LogP) is 13.3. The molecule has 0 fully saturated rings. The molecule has 0 radical (unpaired) electrons. The van der Waals surface area contributed by atoms with Crippen LogP contribution < -0.4 is 0 Å². The molecular formula is C51H33N3. The van der Waals surface area contributed by atoms with Crippen LogP contribution in [0, 0.1) is 0 Å². The van der Waals surface area contributed by atoms with E-state index in [1.807, 2.05) is 0 Å². The van der Waals surface area contributed by atoms with Gasteiger partial charge in [0.25, 0.3) is 0 Å². The van der Waals surface area contributed by atoms with Gasteiger partial charge >= 0.3 is 0 Å². The van der Waals surface area contributed by atoms with Crippen LogP contribution in [-0.2, 0) is 0 Å². The summed E-state index contributed by atoms with van der Waals surface area (Å²) in [6.45, 7) is 0. The minimum atomic E-state index is 0.644. The molecule has 0 N–H and O–H groups in total. The molecule has 0 spiro atoms. The highest BCUT2D eigenvalue weighted by Gasteiger charge is 2.16. The Labute approximate surface area is 313 Å². The summed E-state index contributed by atoms with van der Waals surface area (Å²) in [5.41, 5.74) is 10.1. The molecule has 1 aromatic heterocycles. The molecule has 3 heteroatoms. The zero-order valence-electron chi connectivity index (χ0n) is 29.4. The van der Waals surface area contributed by atoms with Crippen LogP contribution in [-0.4, -0.2) is 15.0 Å². The fourth-order valence-corrected chi connectivity index (χ4v) is 7.53. The van der Waals surface area contributed by atoms with Gasteiger partial charge in [-0.2, -0.15) is 0 Å². The summed E-state index contributed by atoms with van der Waals surface area (Å²) in [5, 5.41) is 6.94. The number of nitrogens with zero attached hydrogens (tertiary/aromatic N) is 3. The van der Waals surface area contributed by atoms with E-state index >= 15 is 0 Å². The molecule has 0 amide bonds. The minimum Gasteiger partial charge on any atom is -0.208 e. The van der Waals surface area contributed by atoms with Crippen LogP contribution in [0.2, 0.25) is 0 Å². The zero-order chi connectivity index (χ0) is 35.8. The summed E-state index contributed by atoms with van der Waals surface area (Å²) >= 11 is 0. The lowest BCUT2D eigenvalue weighted by atomic mass is 9.89. The molecule has 3 nitrogen and oxygen atoms in total. The summed E-state index contributed by atoms with van der Waals surface area (Å²) in [4.78, 5) is 15.3. The number of fused-ring (bicyclic) bond motifs is 3. The van der Waals surface area contributed by atoms with Gasteiger partial charge in [-0.3, -0.25) is 0 Å². The average Bonchev–Trinajstić information content (AvgIpc) is 3.26. The maximum Gasteiger partial charge on any atom is 0.164 e. The van der Waals surface area contributed by atoms with Crippen molar-refractivity contribution in [3.63, 3.8) is 0 Å². The van der Waals surface area contributed by atoms with Crippen molar-refractivity contribution in [2.75, 3.05) is 0 Å². The molecule has 0 atom stereocenters. The first kappa shape index (κ1) is 31.5. The van der Waals surface area contributed by atoms with Crippen molar-refractivity contribution in [2.24, 2.45) is 0 Å². The molecule has 252 valence electrons. The molecule has 54 heavy (non-hydrogen) atoms. The van der Waals surface area contributed by atoms with E-state index in [0.717, 1.165) is 38.2 Å². The van der Waals surface area contributed by atoms with Crippen LogP contribution in [0.5, 0.6) is 0 Å². The smallest absolute Gasteiger partial charge is 0.164 e. The fraction of sp³-hybridized carbons (Fsp3) is 0. The van der Waals surface area contributed by atoms with E-state index in [-0.39, 0.29) is 0 Å². The van der Waals surface area contributed by atoms with Gasteiger partial charge in [0, 0.05) is 16.7 Å². The quantitative estimate of drug-likeness (QED) is 0.175. The van der Waals surface area contributed by atoms with Gasteiger partial charge < -0.3 is 0 Å². The van der Waals surface area contributed by atoms with Gasteiger partial charge in [0.15, 0.2) is 17.5 Å². The van der Waals surface area contributed by atoms with Crippen LogP contribution >= 0.6 is 0 Å². The monoisotopic (exact) mass is 687 g/mol. The van der Waals surface area contributed by atoms with E-state index < -0.39 is 0 Å². The maximum absolute atomic E-state index is 5.10. The van der Waals surface area contributed by atoms with Gasteiger partial charge in [-0.1, -0.05) is 176 Å². The van der Waals surface area contributed by atoms with Crippen molar-refractivity contribution < 1.29 is 0 Å². The van der Waals surface area contributed by atoms with E-state index in [1.165, 1.54) is 44.2 Å². The maximum atomic E-state index is 5.10. The molecule has 1 heterocycles. The highest BCUT2D eigenvalue weighted by molar-refractivity contribution is 5.96. The first-order valence-corrected chi connectivity index (χ1v) is 18.3. The fourth-order valence-electron chi connectivity index (χ4n) is 7.53. The number of hydrogen-bond donors (Lipinski definition) is 0. The van der Waals surface area contributed by atoms with Crippen molar-refractivity contribution in [3.8, 4) is 67.5 Å². The number of rotatable bonds is 6. The molecule has 0 aliphatic carbocycles. The third kappa shape index (κ3) is 5.88. The Morgan fingerprint density at radius 1 is 0.204 bits per heavy atom. The highest BCUT2D eigenvalue weighted by Crippen LogP contribution is 2.39. The van der Waals surface area contributed by atoms with E-state index in [0.29, 0.717) is 17.5 Å². The third-order valence-corrected chi connectivity index (χ3v) is 10.3. The summed E-state index contributed by atoms with van der Waals surface area (Å²) in [6, 6.07) is 70.8. The van der Waals surface area contributed by atoms with E-state index in [4.69, 9.17) is 15.0 Å². The van der Waals surface area contributed by atoms with Crippen molar-refractivity contribution in [1.29, 1.82) is 0 Å². The SMILES string of the molecule is c1ccc(-c2ccccc2-c2ccccc2-c2ccc3cc(-c4nc(-c5ccc6ccccc6c5)nc(-c5ccc6ccccc6c5)n4)ccc3c2)cc1. The minimum absolute atomic E-state index is 0.644. The van der Waals surface area contributed by atoms with Gasteiger partial charge in [-0.15, -0.1) is 0 Å². The van der Waals surface area contributed by atoms with Crippen LogP contribution in [0.1, 0.15) is 0 Å². The van der Waals surface area contributed by atoms with Gasteiger partial charge in [0.1, 0.15) is 0 Å². The molecule has 0 unspecified atom stereocenters. The first-order valence-electron chi connectivity index (χ1n) is 18.3. The van der Waals surface area contributed by atoms with Crippen molar-refractivity contribution in [2.45, 2.75) is 0 Å². The summed E-state index contributed by atoms with van der Waals surface area (Å²) < 4.78 is 0. The summed E-state index contributed by atoms with van der Waals surface area (Å²) in [7, 11) is 0. The summed E-state index contributed by atoms with van der Waals surface area (Å²) in [6.07, 6.45) is 0. The normalized spacial score (nSPS) is 11.3. The van der Waals surface area contributed by atoms with Crippen LogP contribution in [0.25, 0.3) is 99.9 Å². The second kappa shape index (κ2) is 13.4. The molecule has 0 saturated carbocycles. The first-order chi connectivity index (χ1) is 26.7. The third-order valence-electron chi connectivity index (χ3n) is 10.3. The zero-order valence-corrected chi connectivity index (χ0v) is 29.4. The lowest BCUT2D eigenvalue weighted by Gasteiger charge is -2.15. The predicted molar refractivity (Wildman–Crippen MR) is 225 cm³/mol. The second-order valence-electron chi connectivity index (χ2n) is 13.7. The lowest BCUT2D eigenvalue weighted by Crippen LogP contribution is -2.00. The van der Waals surface area contributed by atoms with Crippen LogP contribution in [0.3, 0.4) is 0 Å². The molecule has 0 saturated heterocycles. The largest absolute Gasteiger partial charge is 0.208 e. The standard InChI is InChI=1S/C51H33N3/c1-2-14-36(15-3-1)45-18-8-10-20-47(45)48-21-11-9-19-46(48)41-26-24-40-33-44(29-25-39(40)30-41)51-53-49(42-27-22-34-12-4-6-16-37(34)31-42)52-50(54-51)43-28-23-35-13-5-7-17-38(35)32-43/h1-33H. The molecule has 10 aromatic rings. The Balaban J connectivity index is 1.07. The van der Waals surface area contributed by atoms with E-state index in [9.17, 15) is 0 Å².